The van der Waals surface area contributed by atoms with Crippen LogP contribution in [0.5, 0.6) is 0 Å². The lowest BCUT2D eigenvalue weighted by atomic mass is 9.95. The maximum absolute atomic E-state index is 11.9. The van der Waals surface area contributed by atoms with E-state index in [1.54, 1.807) is 6.92 Å². The molecule has 0 bridgehead atoms. The second-order valence-electron chi connectivity index (χ2n) is 5.80. The molecule has 2 aliphatic rings. The van der Waals surface area contributed by atoms with Gasteiger partial charge in [-0.15, -0.1) is 23.2 Å². The molecule has 2 saturated carbocycles. The number of hydrogen-bond acceptors (Lipinski definition) is 2. The molecule has 0 radical (unpaired) electrons. The van der Waals surface area contributed by atoms with Gasteiger partial charge in [0.2, 0.25) is 11.8 Å². The van der Waals surface area contributed by atoms with Gasteiger partial charge in [-0.3, -0.25) is 9.59 Å². The van der Waals surface area contributed by atoms with Crippen LogP contribution in [0.25, 0.3) is 0 Å². The van der Waals surface area contributed by atoms with Crippen molar-refractivity contribution in [3.8, 4) is 0 Å². The molecule has 2 rings (SSSR count). The van der Waals surface area contributed by atoms with E-state index in [1.807, 2.05) is 0 Å². The molecule has 19 heavy (non-hydrogen) atoms. The van der Waals surface area contributed by atoms with Gasteiger partial charge < -0.3 is 10.6 Å². The van der Waals surface area contributed by atoms with E-state index in [0.717, 1.165) is 25.7 Å². The summed E-state index contributed by atoms with van der Waals surface area (Å²) in [6, 6.07) is 0.259. The Labute approximate surface area is 123 Å². The third-order valence-electron chi connectivity index (χ3n) is 4.14. The van der Waals surface area contributed by atoms with Crippen LogP contribution in [0.4, 0.5) is 0 Å². The summed E-state index contributed by atoms with van der Waals surface area (Å²) in [6.07, 6.45) is 6.06. The summed E-state index contributed by atoms with van der Waals surface area (Å²) in [5, 5.41) is 5.56. The summed E-state index contributed by atoms with van der Waals surface area (Å²) in [6.45, 7) is 1.70. The Kier molecular flexibility index (Phi) is 4.31. The predicted octanol–water partition coefficient (Wildman–Crippen LogP) is 2.14. The molecule has 4 nitrogen and oxygen atoms in total. The highest BCUT2D eigenvalue weighted by Gasteiger charge is 2.67. The van der Waals surface area contributed by atoms with Crippen LogP contribution >= 0.6 is 23.2 Å². The molecule has 0 heterocycles. The van der Waals surface area contributed by atoms with Crippen LogP contribution < -0.4 is 10.6 Å². The maximum atomic E-state index is 11.9. The number of amides is 2. The van der Waals surface area contributed by atoms with Crippen LogP contribution in [0, 0.1) is 5.41 Å². The van der Waals surface area contributed by atoms with Crippen molar-refractivity contribution in [1.29, 1.82) is 0 Å². The molecule has 1 unspecified atom stereocenters. The summed E-state index contributed by atoms with van der Waals surface area (Å²) >= 11 is 11.8. The van der Waals surface area contributed by atoms with Crippen molar-refractivity contribution in [2.75, 3.05) is 6.54 Å². The predicted molar refractivity (Wildman–Crippen MR) is 75.2 cm³/mol. The zero-order valence-corrected chi connectivity index (χ0v) is 12.6. The van der Waals surface area contributed by atoms with E-state index in [4.69, 9.17) is 23.2 Å². The SMILES string of the molecule is CC1(C(=O)NCC(=O)NC2CCCCC2)CC1(Cl)Cl. The Bertz CT molecular complexity index is 381. The Morgan fingerprint density at radius 2 is 1.79 bits per heavy atom. The summed E-state index contributed by atoms with van der Waals surface area (Å²) < 4.78 is -0.989. The van der Waals surface area contributed by atoms with Gasteiger partial charge in [-0.2, -0.15) is 0 Å². The summed E-state index contributed by atoms with van der Waals surface area (Å²) in [7, 11) is 0. The van der Waals surface area contributed by atoms with Crippen molar-refractivity contribution in [2.45, 2.75) is 55.8 Å². The zero-order chi connectivity index (χ0) is 14.1. The highest BCUT2D eigenvalue weighted by atomic mass is 35.5. The first kappa shape index (κ1) is 14.9. The van der Waals surface area contributed by atoms with Crippen molar-refractivity contribution in [3.63, 3.8) is 0 Å². The van der Waals surface area contributed by atoms with Crippen molar-refractivity contribution in [1.82, 2.24) is 10.6 Å². The Morgan fingerprint density at radius 1 is 1.21 bits per heavy atom. The molecule has 108 valence electrons. The number of alkyl halides is 2. The Hall–Kier alpha value is -0.480. The van der Waals surface area contributed by atoms with Crippen molar-refractivity contribution in [2.24, 2.45) is 5.41 Å². The minimum Gasteiger partial charge on any atom is -0.352 e. The van der Waals surface area contributed by atoms with Crippen LogP contribution in [0.3, 0.4) is 0 Å². The summed E-state index contributed by atoms with van der Waals surface area (Å²) in [4.78, 5) is 23.6. The van der Waals surface area contributed by atoms with E-state index in [9.17, 15) is 9.59 Å². The number of carbonyl (C=O) groups excluding carboxylic acids is 2. The first-order valence-corrected chi connectivity index (χ1v) is 7.56. The summed E-state index contributed by atoms with van der Waals surface area (Å²) in [5.41, 5.74) is -0.763. The van der Waals surface area contributed by atoms with Gasteiger partial charge in [-0.1, -0.05) is 19.3 Å². The van der Waals surface area contributed by atoms with Gasteiger partial charge >= 0.3 is 0 Å². The van der Waals surface area contributed by atoms with Gasteiger partial charge in [0.15, 0.2) is 0 Å². The quantitative estimate of drug-likeness (QED) is 0.782. The van der Waals surface area contributed by atoms with Crippen LogP contribution in [-0.4, -0.2) is 28.7 Å². The van der Waals surface area contributed by atoms with E-state index >= 15 is 0 Å². The number of rotatable bonds is 4. The molecule has 0 aromatic carbocycles. The van der Waals surface area contributed by atoms with Gasteiger partial charge in [0.1, 0.15) is 4.33 Å². The molecule has 2 fully saturated rings. The van der Waals surface area contributed by atoms with Gasteiger partial charge in [-0.05, 0) is 26.2 Å². The first-order valence-electron chi connectivity index (χ1n) is 6.81. The molecular weight excluding hydrogens is 287 g/mol. The third-order valence-corrected chi connectivity index (χ3v) is 5.24. The van der Waals surface area contributed by atoms with Gasteiger partial charge in [0.25, 0.3) is 0 Å². The van der Waals surface area contributed by atoms with Crippen LogP contribution in [0.1, 0.15) is 45.4 Å². The topological polar surface area (TPSA) is 58.2 Å². The summed E-state index contributed by atoms with van der Waals surface area (Å²) in [5.74, 6) is -0.393. The van der Waals surface area contributed by atoms with Crippen molar-refractivity contribution in [3.05, 3.63) is 0 Å². The molecule has 2 aliphatic carbocycles. The molecule has 2 amide bonds. The normalized spacial score (nSPS) is 29.6. The van der Waals surface area contributed by atoms with Gasteiger partial charge in [0.05, 0.1) is 12.0 Å². The Balaban J connectivity index is 1.70. The van der Waals surface area contributed by atoms with Crippen molar-refractivity contribution < 1.29 is 9.59 Å². The number of halogens is 2. The molecular formula is C13H20Cl2N2O2. The number of hydrogen-bond donors (Lipinski definition) is 2. The van der Waals surface area contributed by atoms with Gasteiger partial charge in [0, 0.05) is 6.04 Å². The maximum Gasteiger partial charge on any atom is 0.239 e. The van der Waals surface area contributed by atoms with E-state index in [1.165, 1.54) is 6.42 Å². The second kappa shape index (κ2) is 5.49. The van der Waals surface area contributed by atoms with E-state index in [-0.39, 0.29) is 24.4 Å². The molecule has 0 saturated heterocycles. The molecule has 0 aromatic heterocycles. The fraction of sp³-hybridized carbons (Fsp3) is 0.846. The fourth-order valence-electron chi connectivity index (χ4n) is 2.53. The average Bonchev–Trinajstić information content (AvgIpc) is 2.88. The minimum atomic E-state index is -0.989. The highest BCUT2D eigenvalue weighted by Crippen LogP contribution is 2.63. The molecule has 2 N–H and O–H groups in total. The number of nitrogens with one attached hydrogen (secondary N) is 2. The van der Waals surface area contributed by atoms with Gasteiger partial charge in [-0.25, -0.2) is 0 Å². The minimum absolute atomic E-state index is 0.00518. The fourth-order valence-corrected chi connectivity index (χ4v) is 3.23. The molecule has 6 heteroatoms. The van der Waals surface area contributed by atoms with Crippen molar-refractivity contribution >= 4 is 35.0 Å². The van der Waals surface area contributed by atoms with E-state index in [0.29, 0.717) is 6.42 Å². The largest absolute Gasteiger partial charge is 0.352 e. The second-order valence-corrected chi connectivity index (χ2v) is 7.28. The smallest absolute Gasteiger partial charge is 0.239 e. The lowest BCUT2D eigenvalue weighted by Crippen LogP contribution is -2.44. The Morgan fingerprint density at radius 3 is 2.32 bits per heavy atom. The average molecular weight is 307 g/mol. The molecule has 0 aliphatic heterocycles. The van der Waals surface area contributed by atoms with E-state index < -0.39 is 9.75 Å². The third kappa shape index (κ3) is 3.34. The van der Waals surface area contributed by atoms with Crippen LogP contribution in [0.15, 0.2) is 0 Å². The molecule has 0 spiro atoms. The number of carbonyl (C=O) groups is 2. The highest BCUT2D eigenvalue weighted by molar-refractivity contribution is 6.53. The standard InChI is InChI=1S/C13H20Cl2N2O2/c1-12(8-13(12,14)15)11(19)16-7-10(18)17-9-5-3-2-4-6-9/h9H,2-8H2,1H3,(H,16,19)(H,17,18). The zero-order valence-electron chi connectivity index (χ0n) is 11.1. The first-order chi connectivity index (χ1) is 8.85. The molecule has 1 atom stereocenters. The van der Waals surface area contributed by atoms with Crippen LogP contribution in [0.2, 0.25) is 0 Å². The molecule has 0 aromatic rings. The monoisotopic (exact) mass is 306 g/mol. The lowest BCUT2D eigenvalue weighted by Gasteiger charge is -2.23. The van der Waals surface area contributed by atoms with E-state index in [2.05, 4.69) is 10.6 Å². The lowest BCUT2D eigenvalue weighted by molar-refractivity contribution is -0.129. The van der Waals surface area contributed by atoms with Crippen LogP contribution in [-0.2, 0) is 9.59 Å².